The average molecular weight is 395 g/mol. The minimum absolute atomic E-state index is 0.109. The minimum atomic E-state index is -3.34. The van der Waals surface area contributed by atoms with Gasteiger partial charge in [0.05, 0.1) is 30.0 Å². The third-order valence-electron chi connectivity index (χ3n) is 4.12. The molecule has 0 spiro atoms. The van der Waals surface area contributed by atoms with Crippen molar-refractivity contribution in [1.82, 2.24) is 0 Å². The van der Waals surface area contributed by atoms with Crippen molar-refractivity contribution in [3.8, 4) is 5.75 Å². The molecule has 1 amide bonds. The fourth-order valence-corrected chi connectivity index (χ4v) is 4.67. The Morgan fingerprint density at radius 3 is 2.58 bits per heavy atom. The quantitative estimate of drug-likeness (QED) is 0.845. The Labute approximate surface area is 157 Å². The Balaban J connectivity index is 1.73. The second kappa shape index (κ2) is 7.55. The first kappa shape index (κ1) is 18.5. The predicted octanol–water partition coefficient (Wildman–Crippen LogP) is 3.07. The minimum Gasteiger partial charge on any atom is -0.497 e. The summed E-state index contributed by atoms with van der Waals surface area (Å²) in [7, 11) is -1.75. The standard InChI is InChI=1S/C18H19ClN2O4S/c1-25-15-6-3-13(4-7-15)11-18(22)20-14-5-8-16(19)17(12-14)21-9-2-10-26(21,23)24/h3-8,12H,2,9-11H2,1H3,(H,20,22). The number of rotatable bonds is 5. The number of carbonyl (C=O) groups excluding carboxylic acids is 1. The highest BCUT2D eigenvalue weighted by Gasteiger charge is 2.30. The normalized spacial score (nSPS) is 15.7. The van der Waals surface area contributed by atoms with E-state index in [0.717, 1.165) is 11.3 Å². The summed E-state index contributed by atoms with van der Waals surface area (Å²) in [5, 5.41) is 3.12. The summed E-state index contributed by atoms with van der Waals surface area (Å²) in [6.45, 7) is 0.394. The van der Waals surface area contributed by atoms with Gasteiger partial charge in [0.15, 0.2) is 0 Å². The van der Waals surface area contributed by atoms with Gasteiger partial charge in [0.25, 0.3) is 0 Å². The van der Waals surface area contributed by atoms with Gasteiger partial charge in [0.2, 0.25) is 15.9 Å². The molecule has 8 heteroatoms. The first-order chi connectivity index (χ1) is 12.4. The van der Waals surface area contributed by atoms with Crippen LogP contribution in [0.2, 0.25) is 5.02 Å². The monoisotopic (exact) mass is 394 g/mol. The molecule has 0 radical (unpaired) electrons. The lowest BCUT2D eigenvalue weighted by molar-refractivity contribution is -0.115. The van der Waals surface area contributed by atoms with E-state index in [1.165, 1.54) is 4.31 Å². The molecule has 1 aliphatic rings. The molecular formula is C18H19ClN2O4S. The smallest absolute Gasteiger partial charge is 0.235 e. The third-order valence-corrected chi connectivity index (χ3v) is 6.30. The van der Waals surface area contributed by atoms with Crippen molar-refractivity contribution in [3.05, 3.63) is 53.1 Å². The third kappa shape index (κ3) is 4.11. The van der Waals surface area contributed by atoms with Crippen LogP contribution in [0.1, 0.15) is 12.0 Å². The van der Waals surface area contributed by atoms with Gasteiger partial charge < -0.3 is 10.1 Å². The fraction of sp³-hybridized carbons (Fsp3) is 0.278. The highest BCUT2D eigenvalue weighted by atomic mass is 35.5. The van der Waals surface area contributed by atoms with Crippen molar-refractivity contribution in [2.75, 3.05) is 29.0 Å². The van der Waals surface area contributed by atoms with Crippen molar-refractivity contribution in [1.29, 1.82) is 0 Å². The lowest BCUT2D eigenvalue weighted by Crippen LogP contribution is -2.25. The van der Waals surface area contributed by atoms with Crippen LogP contribution in [0, 0.1) is 0 Å². The predicted molar refractivity (Wildman–Crippen MR) is 103 cm³/mol. The zero-order valence-electron chi connectivity index (χ0n) is 14.2. The van der Waals surface area contributed by atoms with E-state index in [2.05, 4.69) is 5.32 Å². The first-order valence-corrected chi connectivity index (χ1v) is 10.1. The number of halogens is 1. The summed E-state index contributed by atoms with van der Waals surface area (Å²) in [5.74, 6) is 0.633. The number of methoxy groups -OCH3 is 1. The molecule has 1 N–H and O–H groups in total. The summed E-state index contributed by atoms with van der Waals surface area (Å²) >= 11 is 6.17. The van der Waals surface area contributed by atoms with E-state index in [0.29, 0.717) is 29.4 Å². The van der Waals surface area contributed by atoms with Gasteiger partial charge in [-0.25, -0.2) is 8.42 Å². The highest BCUT2D eigenvalue weighted by Crippen LogP contribution is 2.33. The van der Waals surface area contributed by atoms with Gasteiger partial charge in [0, 0.05) is 12.2 Å². The van der Waals surface area contributed by atoms with E-state index in [4.69, 9.17) is 16.3 Å². The molecule has 2 aromatic rings. The molecule has 1 saturated heterocycles. The van der Waals surface area contributed by atoms with Crippen molar-refractivity contribution in [2.24, 2.45) is 0 Å². The van der Waals surface area contributed by atoms with Crippen LogP contribution < -0.4 is 14.4 Å². The molecule has 0 saturated carbocycles. The highest BCUT2D eigenvalue weighted by molar-refractivity contribution is 7.93. The van der Waals surface area contributed by atoms with Crippen LogP contribution in [0.5, 0.6) is 5.75 Å². The number of amides is 1. The molecular weight excluding hydrogens is 376 g/mol. The molecule has 0 aliphatic carbocycles. The Morgan fingerprint density at radius 2 is 1.96 bits per heavy atom. The molecule has 1 heterocycles. The van der Waals surface area contributed by atoms with Gasteiger partial charge in [-0.15, -0.1) is 0 Å². The molecule has 6 nitrogen and oxygen atoms in total. The fourth-order valence-electron chi connectivity index (χ4n) is 2.83. The van der Waals surface area contributed by atoms with E-state index in [1.807, 2.05) is 12.1 Å². The Morgan fingerprint density at radius 1 is 1.23 bits per heavy atom. The first-order valence-electron chi connectivity index (χ1n) is 8.12. The molecule has 0 aromatic heterocycles. The molecule has 0 bridgehead atoms. The van der Waals surface area contributed by atoms with Crippen LogP contribution in [0.25, 0.3) is 0 Å². The zero-order valence-corrected chi connectivity index (χ0v) is 15.8. The van der Waals surface area contributed by atoms with E-state index in [9.17, 15) is 13.2 Å². The maximum atomic E-state index is 12.3. The molecule has 1 fully saturated rings. The number of ether oxygens (including phenoxy) is 1. The van der Waals surface area contributed by atoms with E-state index in [1.54, 1.807) is 37.4 Å². The van der Waals surface area contributed by atoms with Crippen LogP contribution in [0.3, 0.4) is 0 Å². The van der Waals surface area contributed by atoms with Crippen molar-refractivity contribution in [2.45, 2.75) is 12.8 Å². The van der Waals surface area contributed by atoms with Crippen LogP contribution in [-0.4, -0.2) is 33.7 Å². The largest absolute Gasteiger partial charge is 0.497 e. The van der Waals surface area contributed by atoms with Gasteiger partial charge >= 0.3 is 0 Å². The number of anilines is 2. The second-order valence-electron chi connectivity index (χ2n) is 5.98. The lowest BCUT2D eigenvalue weighted by Gasteiger charge is -2.19. The van der Waals surface area contributed by atoms with Crippen molar-refractivity contribution in [3.63, 3.8) is 0 Å². The summed E-state index contributed by atoms with van der Waals surface area (Å²) in [5.41, 5.74) is 1.75. The van der Waals surface area contributed by atoms with E-state index >= 15 is 0 Å². The van der Waals surface area contributed by atoms with Crippen molar-refractivity contribution < 1.29 is 17.9 Å². The summed E-state index contributed by atoms with van der Waals surface area (Å²) in [4.78, 5) is 12.3. The van der Waals surface area contributed by atoms with E-state index in [-0.39, 0.29) is 18.1 Å². The Kier molecular flexibility index (Phi) is 5.38. The molecule has 26 heavy (non-hydrogen) atoms. The summed E-state index contributed by atoms with van der Waals surface area (Å²) < 4.78 is 30.6. The van der Waals surface area contributed by atoms with Gasteiger partial charge in [-0.2, -0.15) is 0 Å². The van der Waals surface area contributed by atoms with Crippen LogP contribution in [0.15, 0.2) is 42.5 Å². The van der Waals surface area contributed by atoms with Gasteiger partial charge in [-0.1, -0.05) is 23.7 Å². The number of nitrogens with zero attached hydrogens (tertiary/aromatic N) is 1. The maximum Gasteiger partial charge on any atom is 0.235 e. The maximum absolute atomic E-state index is 12.3. The van der Waals surface area contributed by atoms with E-state index < -0.39 is 10.0 Å². The number of carbonyl (C=O) groups is 1. The second-order valence-corrected chi connectivity index (χ2v) is 8.40. The number of nitrogens with one attached hydrogen (secondary N) is 1. The molecule has 138 valence electrons. The average Bonchev–Trinajstić information content (AvgIpc) is 2.96. The topological polar surface area (TPSA) is 75.7 Å². The van der Waals surface area contributed by atoms with Crippen molar-refractivity contribution >= 4 is 38.9 Å². The lowest BCUT2D eigenvalue weighted by atomic mass is 10.1. The summed E-state index contributed by atoms with van der Waals surface area (Å²) in [6, 6.07) is 12.1. The molecule has 1 aliphatic heterocycles. The van der Waals surface area contributed by atoms with Crippen LogP contribution in [-0.2, 0) is 21.2 Å². The number of benzene rings is 2. The molecule has 2 aromatic carbocycles. The molecule has 0 unspecified atom stereocenters. The Hall–Kier alpha value is -2.25. The number of hydrogen-bond acceptors (Lipinski definition) is 4. The van der Waals surface area contributed by atoms with Crippen LogP contribution in [0.4, 0.5) is 11.4 Å². The summed E-state index contributed by atoms with van der Waals surface area (Å²) in [6.07, 6.45) is 0.761. The van der Waals surface area contributed by atoms with Gasteiger partial charge in [0.1, 0.15) is 5.75 Å². The SMILES string of the molecule is COc1ccc(CC(=O)Nc2ccc(Cl)c(N3CCCS3(=O)=O)c2)cc1. The Bertz CT molecular complexity index is 913. The molecule has 3 rings (SSSR count). The van der Waals surface area contributed by atoms with Gasteiger partial charge in [-0.3, -0.25) is 9.10 Å². The number of sulfonamides is 1. The van der Waals surface area contributed by atoms with Crippen LogP contribution >= 0.6 is 11.6 Å². The number of hydrogen-bond donors (Lipinski definition) is 1. The van der Waals surface area contributed by atoms with Gasteiger partial charge in [-0.05, 0) is 42.3 Å². The molecule has 0 atom stereocenters. The zero-order chi connectivity index (χ0) is 18.7.